The van der Waals surface area contributed by atoms with E-state index in [1.807, 2.05) is 6.07 Å². The summed E-state index contributed by atoms with van der Waals surface area (Å²) in [6.07, 6.45) is 1.51. The van der Waals surface area contributed by atoms with Crippen LogP contribution in [-0.2, 0) is 11.3 Å². The van der Waals surface area contributed by atoms with Crippen molar-refractivity contribution in [1.29, 1.82) is 5.26 Å². The number of amides is 2. The van der Waals surface area contributed by atoms with Crippen molar-refractivity contribution in [2.45, 2.75) is 24.9 Å². The molecule has 2 aliphatic rings. The van der Waals surface area contributed by atoms with E-state index in [2.05, 4.69) is 15.7 Å². The number of halogens is 3. The number of hydrogen-bond donors (Lipinski definition) is 2. The molecule has 3 aromatic rings. The summed E-state index contributed by atoms with van der Waals surface area (Å²) in [6.45, 7) is 0.133. The summed E-state index contributed by atoms with van der Waals surface area (Å²) in [5, 5.41) is 17.9. The molecule has 2 aromatic carbocycles. The van der Waals surface area contributed by atoms with Crippen LogP contribution >= 0.6 is 0 Å². The van der Waals surface area contributed by atoms with Crippen molar-refractivity contribution < 1.29 is 22.8 Å². The molecule has 166 valence electrons. The fourth-order valence-corrected chi connectivity index (χ4v) is 4.29. The molecule has 10 heteroatoms. The Balaban J connectivity index is 1.34. The van der Waals surface area contributed by atoms with Crippen LogP contribution in [0.4, 0.5) is 18.9 Å². The van der Waals surface area contributed by atoms with Gasteiger partial charge >= 0.3 is 0 Å². The first-order valence-corrected chi connectivity index (χ1v) is 10.2. The van der Waals surface area contributed by atoms with Crippen molar-refractivity contribution in [3.05, 3.63) is 82.4 Å². The zero-order valence-electron chi connectivity index (χ0n) is 17.0. The molecule has 0 radical (unpaired) electrons. The highest BCUT2D eigenvalue weighted by atomic mass is 19.1. The number of carbonyl (C=O) groups excluding carboxylic acids is 2. The highest BCUT2D eigenvalue weighted by Crippen LogP contribution is 2.54. The van der Waals surface area contributed by atoms with E-state index in [9.17, 15) is 22.8 Å². The molecule has 0 bridgehead atoms. The van der Waals surface area contributed by atoms with Crippen molar-refractivity contribution in [1.82, 2.24) is 15.1 Å². The largest absolute Gasteiger partial charge is 0.338 e. The number of nitrogens with one attached hydrogen (secondary N) is 2. The van der Waals surface area contributed by atoms with Gasteiger partial charge in [0.05, 0.1) is 30.1 Å². The average molecular weight is 451 g/mol. The van der Waals surface area contributed by atoms with Gasteiger partial charge in [-0.25, -0.2) is 13.2 Å². The second-order valence-corrected chi connectivity index (χ2v) is 8.13. The van der Waals surface area contributed by atoms with Crippen molar-refractivity contribution in [3.63, 3.8) is 0 Å². The SMILES string of the molecule is N#Cc1cccc(Cn2cc(F)c(C(=O)N[C@H]3C(=O)Nc4c(F)cc(F)cc4C4CC43)n2)c1. The fourth-order valence-electron chi connectivity index (χ4n) is 4.29. The van der Waals surface area contributed by atoms with Gasteiger partial charge in [-0.3, -0.25) is 14.3 Å². The molecule has 5 rings (SSSR count). The maximum absolute atomic E-state index is 14.5. The summed E-state index contributed by atoms with van der Waals surface area (Å²) in [4.78, 5) is 25.4. The summed E-state index contributed by atoms with van der Waals surface area (Å²) in [7, 11) is 0. The minimum Gasteiger partial charge on any atom is -0.338 e. The molecule has 1 aromatic heterocycles. The Morgan fingerprint density at radius 1 is 1.24 bits per heavy atom. The monoisotopic (exact) mass is 451 g/mol. The number of carbonyl (C=O) groups is 2. The van der Waals surface area contributed by atoms with E-state index >= 15 is 0 Å². The first-order valence-electron chi connectivity index (χ1n) is 10.2. The number of fused-ring (bicyclic) bond motifs is 3. The van der Waals surface area contributed by atoms with Crippen molar-refractivity contribution >= 4 is 17.5 Å². The maximum atomic E-state index is 14.5. The van der Waals surface area contributed by atoms with Crippen LogP contribution in [0.2, 0.25) is 0 Å². The zero-order chi connectivity index (χ0) is 23.3. The van der Waals surface area contributed by atoms with E-state index in [1.165, 1.54) is 10.7 Å². The lowest BCUT2D eigenvalue weighted by Crippen LogP contribution is -2.45. The molecule has 2 unspecified atom stereocenters. The Hall–Kier alpha value is -4.13. The summed E-state index contributed by atoms with van der Waals surface area (Å²) in [6, 6.07) is 9.51. The molecule has 2 heterocycles. The Kier molecular flexibility index (Phi) is 4.89. The van der Waals surface area contributed by atoms with Crippen molar-refractivity contribution in [2.24, 2.45) is 5.92 Å². The van der Waals surface area contributed by atoms with Crippen LogP contribution in [0.1, 0.15) is 39.5 Å². The molecule has 0 saturated heterocycles. The predicted octanol–water partition coefficient (Wildman–Crippen LogP) is 3.07. The fraction of sp³-hybridized carbons (Fsp3) is 0.217. The number of aromatic nitrogens is 2. The van der Waals surface area contributed by atoms with Gasteiger partial charge in [0.2, 0.25) is 5.91 Å². The van der Waals surface area contributed by atoms with Gasteiger partial charge in [-0.15, -0.1) is 0 Å². The molecule has 7 nitrogen and oxygen atoms in total. The predicted molar refractivity (Wildman–Crippen MR) is 110 cm³/mol. The van der Waals surface area contributed by atoms with E-state index in [1.54, 1.807) is 24.3 Å². The van der Waals surface area contributed by atoms with Gasteiger partial charge in [0.1, 0.15) is 17.7 Å². The molecular formula is C23H16F3N5O2. The number of benzene rings is 2. The van der Waals surface area contributed by atoms with E-state index in [4.69, 9.17) is 5.26 Å². The van der Waals surface area contributed by atoms with Gasteiger partial charge < -0.3 is 10.6 Å². The highest BCUT2D eigenvalue weighted by Gasteiger charge is 2.51. The van der Waals surface area contributed by atoms with Gasteiger partial charge in [0, 0.05) is 6.07 Å². The van der Waals surface area contributed by atoms with Crippen LogP contribution in [0.25, 0.3) is 0 Å². The highest BCUT2D eigenvalue weighted by molar-refractivity contribution is 6.02. The van der Waals surface area contributed by atoms with E-state index < -0.39 is 41.0 Å². The molecule has 0 spiro atoms. The topological polar surface area (TPSA) is 99.8 Å². The van der Waals surface area contributed by atoms with Gasteiger partial charge in [-0.05, 0) is 47.6 Å². The Labute approximate surface area is 185 Å². The smallest absolute Gasteiger partial charge is 0.275 e. The van der Waals surface area contributed by atoms with Gasteiger partial charge in [0.15, 0.2) is 11.5 Å². The quantitative estimate of drug-likeness (QED) is 0.637. The van der Waals surface area contributed by atoms with Gasteiger partial charge in [-0.2, -0.15) is 10.4 Å². The third kappa shape index (κ3) is 3.82. The van der Waals surface area contributed by atoms with Gasteiger partial charge in [0.25, 0.3) is 5.91 Å². The van der Waals surface area contributed by atoms with E-state index in [-0.39, 0.29) is 24.1 Å². The van der Waals surface area contributed by atoms with Crippen molar-refractivity contribution in [2.75, 3.05) is 5.32 Å². The second-order valence-electron chi connectivity index (χ2n) is 8.13. The average Bonchev–Trinajstić information content (AvgIpc) is 3.49. The summed E-state index contributed by atoms with van der Waals surface area (Å²) in [5.41, 5.74) is 0.891. The molecule has 1 aliphatic heterocycles. The Morgan fingerprint density at radius 3 is 2.85 bits per heavy atom. The minimum absolute atomic E-state index is 0.0966. The molecule has 1 aliphatic carbocycles. The normalized spacial score (nSPS) is 20.7. The zero-order valence-corrected chi connectivity index (χ0v) is 17.0. The van der Waals surface area contributed by atoms with E-state index in [0.717, 1.165) is 6.20 Å². The van der Waals surface area contributed by atoms with Crippen molar-refractivity contribution in [3.8, 4) is 6.07 Å². The number of rotatable bonds is 4. The van der Waals surface area contributed by atoms with Gasteiger partial charge in [-0.1, -0.05) is 12.1 Å². The summed E-state index contributed by atoms with van der Waals surface area (Å²) < 4.78 is 43.5. The Bertz CT molecular complexity index is 1350. The van der Waals surface area contributed by atoms with Crippen LogP contribution in [0.3, 0.4) is 0 Å². The van der Waals surface area contributed by atoms with E-state index in [0.29, 0.717) is 29.2 Å². The molecule has 1 saturated carbocycles. The van der Waals surface area contributed by atoms with Crippen LogP contribution < -0.4 is 10.6 Å². The summed E-state index contributed by atoms with van der Waals surface area (Å²) >= 11 is 0. The molecular weight excluding hydrogens is 435 g/mol. The first kappa shape index (κ1) is 20.8. The third-order valence-corrected chi connectivity index (χ3v) is 5.90. The molecule has 3 atom stereocenters. The summed E-state index contributed by atoms with van der Waals surface area (Å²) in [5.74, 6) is -4.72. The number of anilines is 1. The third-order valence-electron chi connectivity index (χ3n) is 5.90. The lowest BCUT2D eigenvalue weighted by Gasteiger charge is -2.16. The van der Waals surface area contributed by atoms with Crippen LogP contribution in [0.5, 0.6) is 0 Å². The lowest BCUT2D eigenvalue weighted by atomic mass is 10.1. The Morgan fingerprint density at radius 2 is 2.06 bits per heavy atom. The first-order chi connectivity index (χ1) is 15.8. The standard InChI is InChI=1S/C23H16F3N5O2/c24-13-5-15-14-7-16(14)20(22(32)28-19(15)17(25)6-13)29-23(33)21-18(26)10-31(30-21)9-12-3-1-2-11(4-12)8-27/h1-6,10,14,16,20H,7,9H2,(H,28,32)(H,29,33)/t14?,16?,20-/m1/s1. The maximum Gasteiger partial charge on any atom is 0.275 e. The minimum atomic E-state index is -1.05. The second kappa shape index (κ2) is 7.78. The molecule has 2 N–H and O–H groups in total. The molecule has 33 heavy (non-hydrogen) atoms. The lowest BCUT2D eigenvalue weighted by molar-refractivity contribution is -0.118. The number of hydrogen-bond acceptors (Lipinski definition) is 4. The number of nitriles is 1. The van der Waals surface area contributed by atoms with Crippen LogP contribution in [0.15, 0.2) is 42.6 Å². The van der Waals surface area contributed by atoms with Crippen LogP contribution in [0, 0.1) is 34.7 Å². The molecule has 1 fully saturated rings. The molecule has 2 amide bonds. The van der Waals surface area contributed by atoms with Crippen LogP contribution in [-0.4, -0.2) is 27.6 Å². The number of nitrogens with zero attached hydrogens (tertiary/aromatic N) is 3.